The van der Waals surface area contributed by atoms with Gasteiger partial charge in [-0.25, -0.2) is 4.21 Å². The molecule has 1 aromatic rings. The molecule has 0 aliphatic rings. The second kappa shape index (κ2) is 5.99. The van der Waals surface area contributed by atoms with Crippen LogP contribution in [-0.2, 0) is 11.1 Å². The van der Waals surface area contributed by atoms with Gasteiger partial charge in [-0.2, -0.15) is 0 Å². The summed E-state index contributed by atoms with van der Waals surface area (Å²) < 4.78 is 18.8. The van der Waals surface area contributed by atoms with E-state index in [1.54, 1.807) is 30.3 Å². The lowest BCUT2D eigenvalue weighted by Gasteiger charge is -1.89. The van der Waals surface area contributed by atoms with E-state index in [-0.39, 0.29) is 11.0 Å². The summed E-state index contributed by atoms with van der Waals surface area (Å²) in [6.45, 7) is 0. The van der Waals surface area contributed by atoms with E-state index in [0.717, 1.165) is 0 Å². The molecule has 1 rings (SSSR count). The summed E-state index contributed by atoms with van der Waals surface area (Å²) in [6, 6.07) is 8.47. The molecule has 1 aromatic carbocycles. The molecule has 4 nitrogen and oxygen atoms in total. The van der Waals surface area contributed by atoms with Gasteiger partial charge >= 0.3 is 0 Å². The third kappa shape index (κ3) is 3.84. The highest BCUT2D eigenvalue weighted by atomic mass is 32.2. The van der Waals surface area contributed by atoms with Crippen molar-refractivity contribution in [3.05, 3.63) is 30.3 Å². The fraction of sp³-hybridized carbons (Fsp3) is 0. The van der Waals surface area contributed by atoms with Gasteiger partial charge in [0.15, 0.2) is 11.1 Å². The molecule has 1 atom stereocenters. The van der Waals surface area contributed by atoms with Crippen LogP contribution in [0, 0.1) is 0 Å². The predicted molar refractivity (Wildman–Crippen MR) is 42.7 cm³/mol. The molecule has 0 aliphatic carbocycles. The van der Waals surface area contributed by atoms with Crippen LogP contribution in [0.3, 0.4) is 0 Å². The van der Waals surface area contributed by atoms with E-state index in [1.807, 2.05) is 0 Å². The Hall–Kier alpha value is -0.750. The van der Waals surface area contributed by atoms with Crippen molar-refractivity contribution in [2.75, 3.05) is 0 Å². The highest BCUT2D eigenvalue weighted by Gasteiger charge is 1.93. The Bertz CT molecular complexity index is 211. The monoisotopic (exact) mass is 178 g/mol. The summed E-state index contributed by atoms with van der Waals surface area (Å²) in [5.41, 5.74) is 0. The van der Waals surface area contributed by atoms with Gasteiger partial charge in [-0.3, -0.25) is 0 Å². The maximum Gasteiger partial charge on any atom is 0.186 e. The molecule has 0 radical (unpaired) electrons. The van der Waals surface area contributed by atoms with Crippen molar-refractivity contribution in [1.82, 2.24) is 0 Å². The van der Waals surface area contributed by atoms with Crippen molar-refractivity contribution in [1.29, 1.82) is 0 Å². The molecule has 5 N–H and O–H groups in total. The van der Waals surface area contributed by atoms with Gasteiger partial charge in [0.05, 0.1) is 4.90 Å². The number of hydrogen-bond acceptors (Lipinski definition) is 1. The summed E-state index contributed by atoms with van der Waals surface area (Å²) in [6.07, 6.45) is 0. The third-order valence-electron chi connectivity index (χ3n) is 0.945. The molecule has 0 spiro atoms. The first-order valence-electron chi connectivity index (χ1n) is 2.46. The van der Waals surface area contributed by atoms with E-state index in [1.165, 1.54) is 0 Å². The van der Waals surface area contributed by atoms with E-state index in [9.17, 15) is 4.21 Å². The molecule has 11 heavy (non-hydrogen) atoms. The zero-order valence-corrected chi connectivity index (χ0v) is 6.47. The van der Waals surface area contributed by atoms with Gasteiger partial charge in [0.2, 0.25) is 0 Å². The topological polar surface area (TPSA) is 100 Å². The maximum atomic E-state index is 10.3. The van der Waals surface area contributed by atoms with Crippen LogP contribution in [0.5, 0.6) is 0 Å². The van der Waals surface area contributed by atoms with E-state index >= 15 is 0 Å². The minimum atomic E-state index is -1.83. The van der Waals surface area contributed by atoms with Gasteiger partial charge in [-0.15, -0.1) is 0 Å². The van der Waals surface area contributed by atoms with Crippen LogP contribution in [0.2, 0.25) is 0 Å². The van der Waals surface area contributed by atoms with Gasteiger partial charge in [-0.05, 0) is 12.1 Å². The fourth-order valence-corrected chi connectivity index (χ4v) is 0.927. The summed E-state index contributed by atoms with van der Waals surface area (Å²) in [5.74, 6) is 0. The van der Waals surface area contributed by atoms with Gasteiger partial charge in [0.1, 0.15) is 0 Å². The second-order valence-corrected chi connectivity index (χ2v) is 2.53. The van der Waals surface area contributed by atoms with Crippen LogP contribution in [0.15, 0.2) is 35.2 Å². The van der Waals surface area contributed by atoms with Crippen LogP contribution in [-0.4, -0.2) is 19.7 Å². The van der Waals surface area contributed by atoms with Crippen molar-refractivity contribution < 1.29 is 19.7 Å². The minimum absolute atomic E-state index is 0. The summed E-state index contributed by atoms with van der Waals surface area (Å²) in [7, 11) is 0. The molecule has 5 heteroatoms. The lowest BCUT2D eigenvalue weighted by atomic mass is 10.4. The van der Waals surface area contributed by atoms with Crippen molar-refractivity contribution >= 4 is 11.1 Å². The molecule has 0 saturated carbocycles. The van der Waals surface area contributed by atoms with Gasteiger partial charge < -0.3 is 15.5 Å². The summed E-state index contributed by atoms with van der Waals surface area (Å²) in [5, 5.41) is 0. The van der Waals surface area contributed by atoms with Crippen molar-refractivity contribution in [3.63, 3.8) is 0 Å². The normalized spacial score (nSPS) is 10.6. The van der Waals surface area contributed by atoms with Crippen molar-refractivity contribution in [3.8, 4) is 0 Å². The van der Waals surface area contributed by atoms with Gasteiger partial charge in [0.25, 0.3) is 0 Å². The van der Waals surface area contributed by atoms with Crippen molar-refractivity contribution in [2.45, 2.75) is 4.90 Å². The third-order valence-corrected chi connectivity index (χ3v) is 1.62. The van der Waals surface area contributed by atoms with Crippen LogP contribution in [0.4, 0.5) is 0 Å². The average Bonchev–Trinajstić information content (AvgIpc) is 1.90. The molecular formula is C6H10O4S. The molecule has 0 heterocycles. The predicted octanol–water partition coefficient (Wildman–Crippen LogP) is -0.382. The standard InChI is InChI=1S/C6H6O2S.2H2O/c7-9(8)6-4-2-1-3-5-6;;/h1-5H,(H,7,8);2*1H2. The van der Waals surface area contributed by atoms with Crippen LogP contribution in [0.25, 0.3) is 0 Å². The largest absolute Gasteiger partial charge is 0.412 e. The zero-order chi connectivity index (χ0) is 6.69. The first-order chi connectivity index (χ1) is 4.30. The quantitative estimate of drug-likeness (QED) is 0.592. The fourth-order valence-electron chi connectivity index (χ4n) is 0.537. The summed E-state index contributed by atoms with van der Waals surface area (Å²) >= 11 is -1.83. The van der Waals surface area contributed by atoms with Crippen LogP contribution >= 0.6 is 0 Å². The van der Waals surface area contributed by atoms with Crippen LogP contribution < -0.4 is 0 Å². The molecule has 64 valence electrons. The lowest BCUT2D eigenvalue weighted by Crippen LogP contribution is -1.84. The highest BCUT2D eigenvalue weighted by Crippen LogP contribution is 2.00. The Balaban J connectivity index is 0. The van der Waals surface area contributed by atoms with E-state index in [4.69, 9.17) is 4.55 Å². The van der Waals surface area contributed by atoms with Gasteiger partial charge in [-0.1, -0.05) is 18.2 Å². The Morgan fingerprint density at radius 3 is 1.82 bits per heavy atom. The smallest absolute Gasteiger partial charge is 0.186 e. The first-order valence-corrected chi connectivity index (χ1v) is 3.57. The summed E-state index contributed by atoms with van der Waals surface area (Å²) in [4.78, 5) is 0.442. The number of hydrogen-bond donors (Lipinski definition) is 1. The molecule has 0 aliphatic heterocycles. The Morgan fingerprint density at radius 2 is 1.55 bits per heavy atom. The van der Waals surface area contributed by atoms with E-state index < -0.39 is 11.1 Å². The Morgan fingerprint density at radius 1 is 1.09 bits per heavy atom. The zero-order valence-electron chi connectivity index (χ0n) is 5.65. The highest BCUT2D eigenvalue weighted by molar-refractivity contribution is 7.79. The first kappa shape index (κ1) is 12.9. The Labute approximate surface area is 66.8 Å². The van der Waals surface area contributed by atoms with E-state index in [2.05, 4.69) is 0 Å². The molecule has 0 bridgehead atoms. The SMILES string of the molecule is O.O.O=S(O)c1ccccc1. The molecule has 0 fully saturated rings. The molecule has 0 amide bonds. The number of rotatable bonds is 1. The second-order valence-electron chi connectivity index (χ2n) is 1.56. The van der Waals surface area contributed by atoms with E-state index in [0.29, 0.717) is 4.90 Å². The molecular weight excluding hydrogens is 168 g/mol. The molecule has 0 saturated heterocycles. The van der Waals surface area contributed by atoms with Crippen LogP contribution in [0.1, 0.15) is 0 Å². The molecule has 1 unspecified atom stereocenters. The number of benzene rings is 1. The minimum Gasteiger partial charge on any atom is -0.412 e. The maximum absolute atomic E-state index is 10.3. The van der Waals surface area contributed by atoms with Gasteiger partial charge in [0, 0.05) is 0 Å². The lowest BCUT2D eigenvalue weighted by molar-refractivity contribution is 0.564. The Kier molecular flexibility index (Phi) is 7.02. The van der Waals surface area contributed by atoms with Crippen molar-refractivity contribution in [2.24, 2.45) is 0 Å². The average molecular weight is 178 g/mol. The molecule has 0 aromatic heterocycles.